The van der Waals surface area contributed by atoms with Crippen LogP contribution in [0.3, 0.4) is 0 Å². The minimum Gasteiger partial charge on any atom is -0.454 e. The van der Waals surface area contributed by atoms with Crippen molar-refractivity contribution in [1.29, 1.82) is 0 Å². The third-order valence-corrected chi connectivity index (χ3v) is 5.99. The van der Waals surface area contributed by atoms with E-state index in [1.165, 1.54) is 32.1 Å². The summed E-state index contributed by atoms with van der Waals surface area (Å²) in [5, 5.41) is 10.8. The molecule has 1 N–H and O–H groups in total. The Labute approximate surface area is 137 Å². The van der Waals surface area contributed by atoms with Crippen molar-refractivity contribution in [3.05, 3.63) is 17.9 Å². The van der Waals surface area contributed by atoms with Crippen molar-refractivity contribution >= 4 is 11.8 Å². The van der Waals surface area contributed by atoms with Gasteiger partial charge >= 0.3 is 0 Å². The molecule has 22 heavy (non-hydrogen) atoms. The van der Waals surface area contributed by atoms with Crippen LogP contribution in [-0.4, -0.2) is 59.5 Å². The van der Waals surface area contributed by atoms with E-state index in [0.29, 0.717) is 0 Å². The van der Waals surface area contributed by atoms with Gasteiger partial charge in [0.1, 0.15) is 5.76 Å². The van der Waals surface area contributed by atoms with Gasteiger partial charge in [0.15, 0.2) is 5.09 Å². The van der Waals surface area contributed by atoms with Gasteiger partial charge in [-0.25, -0.2) is 0 Å². The summed E-state index contributed by atoms with van der Waals surface area (Å²) in [6, 6.07) is 4.29. The van der Waals surface area contributed by atoms with Gasteiger partial charge in [-0.1, -0.05) is 31.0 Å². The molecule has 0 aromatic carbocycles. The van der Waals surface area contributed by atoms with Crippen LogP contribution in [0.4, 0.5) is 0 Å². The lowest BCUT2D eigenvalue weighted by molar-refractivity contribution is 0.103. The van der Waals surface area contributed by atoms with Gasteiger partial charge in [0.05, 0.1) is 13.2 Å². The number of β-amino-alcohol motifs (C(OH)–C–C–N with tert-alkyl or cyclic N) is 1. The fourth-order valence-electron chi connectivity index (χ4n) is 3.39. The number of furan rings is 1. The van der Waals surface area contributed by atoms with Crippen LogP contribution in [0.2, 0.25) is 0 Å². The molecule has 124 valence electrons. The Balaban J connectivity index is 1.43. The molecule has 0 bridgehead atoms. The summed E-state index contributed by atoms with van der Waals surface area (Å²) in [5.41, 5.74) is 0. The molecule has 1 aromatic rings. The zero-order valence-corrected chi connectivity index (χ0v) is 14.2. The van der Waals surface area contributed by atoms with E-state index >= 15 is 0 Å². The number of hydrogen-bond donors (Lipinski definition) is 1. The maximum atomic E-state index is 8.98. The van der Waals surface area contributed by atoms with Crippen LogP contribution in [0, 0.1) is 0 Å². The van der Waals surface area contributed by atoms with E-state index in [0.717, 1.165) is 55.4 Å². The highest BCUT2D eigenvalue weighted by Gasteiger charge is 2.19. The SMILES string of the molecule is OCCN1CCN(Cc2ccc(SC3CCCCC3)o2)CC1. The van der Waals surface area contributed by atoms with E-state index in [1.807, 2.05) is 11.8 Å². The van der Waals surface area contributed by atoms with Gasteiger partial charge in [-0.2, -0.15) is 0 Å². The van der Waals surface area contributed by atoms with Crippen molar-refractivity contribution < 1.29 is 9.52 Å². The third-order valence-electron chi connectivity index (χ3n) is 4.73. The van der Waals surface area contributed by atoms with Gasteiger partial charge in [0.2, 0.25) is 0 Å². The molecule has 2 heterocycles. The van der Waals surface area contributed by atoms with Crippen LogP contribution in [0.5, 0.6) is 0 Å². The van der Waals surface area contributed by atoms with E-state index in [1.54, 1.807) is 0 Å². The maximum Gasteiger partial charge on any atom is 0.160 e. The molecule has 0 radical (unpaired) electrons. The van der Waals surface area contributed by atoms with Gasteiger partial charge in [-0.05, 0) is 25.0 Å². The molecule has 1 aromatic heterocycles. The lowest BCUT2D eigenvalue weighted by Gasteiger charge is -2.33. The van der Waals surface area contributed by atoms with E-state index in [4.69, 9.17) is 9.52 Å². The summed E-state index contributed by atoms with van der Waals surface area (Å²) in [6.45, 7) is 6.20. The third kappa shape index (κ3) is 4.75. The van der Waals surface area contributed by atoms with Crippen molar-refractivity contribution in [2.45, 2.75) is 49.0 Å². The van der Waals surface area contributed by atoms with Gasteiger partial charge in [-0.3, -0.25) is 9.80 Å². The van der Waals surface area contributed by atoms with Crippen molar-refractivity contribution in [2.24, 2.45) is 0 Å². The second-order valence-electron chi connectivity index (χ2n) is 6.44. The first-order valence-electron chi connectivity index (χ1n) is 8.64. The molecule has 2 fully saturated rings. The average molecular weight is 324 g/mol. The summed E-state index contributed by atoms with van der Waals surface area (Å²) in [6.07, 6.45) is 6.84. The van der Waals surface area contributed by atoms with Crippen LogP contribution in [0.1, 0.15) is 37.9 Å². The normalized spacial score (nSPS) is 22.2. The number of piperazine rings is 1. The predicted octanol–water partition coefficient (Wildman–Crippen LogP) is 2.81. The summed E-state index contributed by atoms with van der Waals surface area (Å²) < 4.78 is 6.03. The van der Waals surface area contributed by atoms with Crippen molar-refractivity contribution in [3.8, 4) is 0 Å². The number of aliphatic hydroxyl groups is 1. The first kappa shape index (κ1) is 16.4. The fourth-order valence-corrected chi connectivity index (χ4v) is 4.59. The summed E-state index contributed by atoms with van der Waals surface area (Å²) >= 11 is 1.93. The molecule has 0 unspecified atom stereocenters. The quantitative estimate of drug-likeness (QED) is 0.871. The fraction of sp³-hybridized carbons (Fsp3) is 0.765. The highest BCUT2D eigenvalue weighted by Crippen LogP contribution is 2.34. The van der Waals surface area contributed by atoms with Crippen LogP contribution < -0.4 is 0 Å². The second-order valence-corrected chi connectivity index (χ2v) is 7.74. The molecule has 1 saturated heterocycles. The monoisotopic (exact) mass is 324 g/mol. The molecular formula is C17H28N2O2S. The second kappa shape index (κ2) is 8.39. The molecule has 1 aliphatic heterocycles. The molecule has 0 atom stereocenters. The van der Waals surface area contributed by atoms with E-state index in [2.05, 4.69) is 21.9 Å². The van der Waals surface area contributed by atoms with Gasteiger partial charge < -0.3 is 9.52 Å². The molecule has 0 amide bonds. The predicted molar refractivity (Wildman–Crippen MR) is 90.2 cm³/mol. The molecule has 5 heteroatoms. The smallest absolute Gasteiger partial charge is 0.160 e. The molecule has 3 rings (SSSR count). The van der Waals surface area contributed by atoms with Crippen molar-refractivity contribution in [3.63, 3.8) is 0 Å². The summed E-state index contributed by atoms with van der Waals surface area (Å²) in [4.78, 5) is 4.77. The van der Waals surface area contributed by atoms with E-state index in [9.17, 15) is 0 Å². The van der Waals surface area contributed by atoms with Gasteiger partial charge in [-0.15, -0.1) is 0 Å². The van der Waals surface area contributed by atoms with Crippen LogP contribution in [0.25, 0.3) is 0 Å². The average Bonchev–Trinajstić information content (AvgIpc) is 2.98. The lowest BCUT2D eigenvalue weighted by atomic mass is 10.0. The first-order chi connectivity index (χ1) is 10.8. The zero-order chi connectivity index (χ0) is 15.2. The summed E-state index contributed by atoms with van der Waals surface area (Å²) in [5.74, 6) is 1.09. The zero-order valence-electron chi connectivity index (χ0n) is 13.4. The molecule has 1 saturated carbocycles. The van der Waals surface area contributed by atoms with Crippen LogP contribution >= 0.6 is 11.8 Å². The van der Waals surface area contributed by atoms with Crippen molar-refractivity contribution in [1.82, 2.24) is 9.80 Å². The molecule has 2 aliphatic rings. The molecule has 4 nitrogen and oxygen atoms in total. The Morgan fingerprint density at radius 3 is 2.50 bits per heavy atom. The number of aliphatic hydroxyl groups excluding tert-OH is 1. The Morgan fingerprint density at radius 1 is 1.05 bits per heavy atom. The largest absolute Gasteiger partial charge is 0.454 e. The first-order valence-corrected chi connectivity index (χ1v) is 9.52. The van der Waals surface area contributed by atoms with Crippen molar-refractivity contribution in [2.75, 3.05) is 39.3 Å². The number of hydrogen-bond acceptors (Lipinski definition) is 5. The minimum atomic E-state index is 0.264. The lowest BCUT2D eigenvalue weighted by Crippen LogP contribution is -2.46. The molecular weight excluding hydrogens is 296 g/mol. The van der Waals surface area contributed by atoms with Gasteiger partial charge in [0.25, 0.3) is 0 Å². The highest BCUT2D eigenvalue weighted by atomic mass is 32.2. The van der Waals surface area contributed by atoms with Crippen LogP contribution in [-0.2, 0) is 6.54 Å². The minimum absolute atomic E-state index is 0.264. The Hall–Kier alpha value is -0.490. The Kier molecular flexibility index (Phi) is 6.24. The number of rotatable bonds is 6. The molecule has 1 aliphatic carbocycles. The molecule has 0 spiro atoms. The number of nitrogens with zero attached hydrogens (tertiary/aromatic N) is 2. The number of thioether (sulfide) groups is 1. The van der Waals surface area contributed by atoms with E-state index in [-0.39, 0.29) is 6.61 Å². The van der Waals surface area contributed by atoms with Gasteiger partial charge in [0, 0.05) is 38.0 Å². The Morgan fingerprint density at radius 2 is 1.77 bits per heavy atom. The van der Waals surface area contributed by atoms with Crippen LogP contribution in [0.15, 0.2) is 21.6 Å². The standard InChI is InChI=1S/C17H28N2O2S/c20-13-12-18-8-10-19(11-9-18)14-15-6-7-17(21-15)22-16-4-2-1-3-5-16/h6-7,16,20H,1-5,8-14H2. The summed E-state index contributed by atoms with van der Waals surface area (Å²) in [7, 11) is 0. The Bertz CT molecular complexity index is 438. The topological polar surface area (TPSA) is 39.9 Å². The highest BCUT2D eigenvalue weighted by molar-refractivity contribution is 7.99. The van der Waals surface area contributed by atoms with E-state index < -0.39 is 0 Å². The maximum absolute atomic E-state index is 8.98.